The number of amides is 1. The molecule has 1 saturated heterocycles. The summed E-state index contributed by atoms with van der Waals surface area (Å²) in [4.78, 5) is 19.6. The second kappa shape index (κ2) is 5.70. The number of carbonyl (C=O) groups excluding carboxylic acids is 1. The van der Waals surface area contributed by atoms with Gasteiger partial charge in [-0.05, 0) is 42.3 Å². The van der Waals surface area contributed by atoms with Gasteiger partial charge in [0.1, 0.15) is 18.2 Å². The molecule has 0 unspecified atom stereocenters. The number of likely N-dealkylation sites (tertiary alicyclic amines) is 1. The van der Waals surface area contributed by atoms with E-state index in [-0.39, 0.29) is 11.9 Å². The number of hydrogen-bond donors (Lipinski definition) is 0. The number of fused-ring (bicyclic) bond motifs is 1. The maximum atomic E-state index is 12.9. The number of nitrogens with zero attached hydrogens (tertiary/aromatic N) is 7. The Bertz CT molecular complexity index is 870. The zero-order valence-corrected chi connectivity index (χ0v) is 13.7. The van der Waals surface area contributed by atoms with Crippen molar-refractivity contribution in [3.8, 4) is 0 Å². The van der Waals surface area contributed by atoms with Crippen molar-refractivity contribution in [1.29, 1.82) is 0 Å². The Labute approximate surface area is 139 Å². The number of carbonyl (C=O) groups is 1. The molecule has 0 aliphatic carbocycles. The van der Waals surface area contributed by atoms with Crippen molar-refractivity contribution in [2.75, 3.05) is 6.54 Å². The van der Waals surface area contributed by atoms with Crippen LogP contribution in [0.2, 0.25) is 0 Å². The van der Waals surface area contributed by atoms with Gasteiger partial charge in [0, 0.05) is 13.6 Å². The van der Waals surface area contributed by atoms with Crippen LogP contribution in [0.1, 0.15) is 37.7 Å². The van der Waals surface area contributed by atoms with Crippen molar-refractivity contribution in [3.05, 3.63) is 36.4 Å². The molecule has 24 heavy (non-hydrogen) atoms. The fraction of sp³-hybridized carbons (Fsp3) is 0.438. The van der Waals surface area contributed by atoms with Crippen LogP contribution in [-0.2, 0) is 11.8 Å². The van der Waals surface area contributed by atoms with E-state index in [2.05, 4.69) is 26.2 Å². The lowest BCUT2D eigenvalue weighted by Crippen LogP contribution is -2.36. The van der Waals surface area contributed by atoms with Crippen molar-refractivity contribution in [2.45, 2.75) is 31.8 Å². The van der Waals surface area contributed by atoms with Gasteiger partial charge < -0.3 is 9.47 Å². The molecule has 4 rings (SSSR count). The van der Waals surface area contributed by atoms with Gasteiger partial charge in [0.05, 0.1) is 17.1 Å². The number of aromatic nitrogens is 6. The minimum atomic E-state index is -0.421. The van der Waals surface area contributed by atoms with E-state index in [1.807, 2.05) is 37.1 Å². The predicted molar refractivity (Wildman–Crippen MR) is 86.9 cm³/mol. The topological polar surface area (TPSA) is 81.7 Å². The lowest BCUT2D eigenvalue weighted by atomic mass is 10.2. The SMILES string of the molecule is C[C@@H](C(=O)N1CCC[C@H]1c1nc2ccccc2n1C)n1cnnn1. The van der Waals surface area contributed by atoms with Crippen LogP contribution in [0.4, 0.5) is 0 Å². The first-order valence-electron chi connectivity index (χ1n) is 8.11. The van der Waals surface area contributed by atoms with Crippen LogP contribution in [0.5, 0.6) is 0 Å². The van der Waals surface area contributed by atoms with Gasteiger partial charge in [-0.25, -0.2) is 9.67 Å². The van der Waals surface area contributed by atoms with E-state index >= 15 is 0 Å². The molecule has 3 aromatic rings. The average Bonchev–Trinajstić information content (AvgIpc) is 3.34. The molecular weight excluding hydrogens is 306 g/mol. The molecule has 3 heterocycles. The zero-order chi connectivity index (χ0) is 16.7. The summed E-state index contributed by atoms with van der Waals surface area (Å²) < 4.78 is 3.58. The van der Waals surface area contributed by atoms with Crippen LogP contribution in [0.3, 0.4) is 0 Å². The number of rotatable bonds is 3. The van der Waals surface area contributed by atoms with E-state index in [0.717, 1.165) is 36.2 Å². The molecule has 0 spiro atoms. The molecule has 1 aromatic carbocycles. The lowest BCUT2D eigenvalue weighted by Gasteiger charge is -2.26. The van der Waals surface area contributed by atoms with E-state index in [1.165, 1.54) is 11.0 Å². The fourth-order valence-corrected chi connectivity index (χ4v) is 3.46. The summed E-state index contributed by atoms with van der Waals surface area (Å²) in [6, 6.07) is 7.62. The third kappa shape index (κ3) is 2.26. The smallest absolute Gasteiger partial charge is 0.247 e. The normalized spacial score (nSPS) is 19.1. The van der Waals surface area contributed by atoms with Gasteiger partial charge in [0.15, 0.2) is 0 Å². The highest BCUT2D eigenvalue weighted by Crippen LogP contribution is 2.34. The fourth-order valence-electron chi connectivity index (χ4n) is 3.46. The molecule has 2 atom stereocenters. The molecule has 1 aliphatic heterocycles. The number of para-hydroxylation sites is 2. The largest absolute Gasteiger partial charge is 0.331 e. The minimum Gasteiger partial charge on any atom is -0.331 e. The number of hydrogen-bond acceptors (Lipinski definition) is 5. The van der Waals surface area contributed by atoms with Gasteiger partial charge in [-0.1, -0.05) is 12.1 Å². The first-order chi connectivity index (χ1) is 11.7. The minimum absolute atomic E-state index is 0.00571. The van der Waals surface area contributed by atoms with Gasteiger partial charge >= 0.3 is 0 Å². The highest BCUT2D eigenvalue weighted by atomic mass is 16.2. The van der Waals surface area contributed by atoms with Gasteiger partial charge in [-0.2, -0.15) is 0 Å². The predicted octanol–water partition coefficient (Wildman–Crippen LogP) is 1.48. The van der Waals surface area contributed by atoms with Crippen LogP contribution in [-0.4, -0.2) is 47.1 Å². The molecule has 0 bridgehead atoms. The molecular formula is C16H19N7O. The summed E-state index contributed by atoms with van der Waals surface area (Å²) >= 11 is 0. The third-order valence-corrected chi connectivity index (χ3v) is 4.77. The van der Waals surface area contributed by atoms with Crippen LogP contribution in [0, 0.1) is 0 Å². The van der Waals surface area contributed by atoms with Gasteiger partial charge in [-0.3, -0.25) is 4.79 Å². The van der Waals surface area contributed by atoms with Crippen LogP contribution in [0.15, 0.2) is 30.6 Å². The second-order valence-electron chi connectivity index (χ2n) is 6.17. The Morgan fingerprint density at radius 3 is 2.92 bits per heavy atom. The Hall–Kier alpha value is -2.77. The van der Waals surface area contributed by atoms with Crippen molar-refractivity contribution in [1.82, 2.24) is 34.7 Å². The van der Waals surface area contributed by atoms with Gasteiger partial charge in [0.2, 0.25) is 5.91 Å². The summed E-state index contributed by atoms with van der Waals surface area (Å²) in [5.41, 5.74) is 2.04. The summed E-state index contributed by atoms with van der Waals surface area (Å²) in [6.07, 6.45) is 3.37. The van der Waals surface area contributed by atoms with E-state index in [4.69, 9.17) is 4.98 Å². The standard InChI is InChI=1S/C16H19N7O/c1-11(23-10-17-19-20-23)16(24)22-9-5-8-14(22)15-18-12-6-3-4-7-13(12)21(15)2/h3-4,6-7,10-11,14H,5,8-9H2,1-2H3/t11-,14-/m0/s1. The van der Waals surface area contributed by atoms with Crippen molar-refractivity contribution in [3.63, 3.8) is 0 Å². The molecule has 8 heteroatoms. The molecule has 0 radical (unpaired) electrons. The Kier molecular flexibility index (Phi) is 3.51. The third-order valence-electron chi connectivity index (χ3n) is 4.77. The molecule has 0 N–H and O–H groups in total. The Morgan fingerprint density at radius 2 is 2.17 bits per heavy atom. The molecule has 124 valence electrons. The highest BCUT2D eigenvalue weighted by Gasteiger charge is 2.35. The van der Waals surface area contributed by atoms with Crippen LogP contribution >= 0.6 is 0 Å². The molecule has 0 saturated carbocycles. The number of tetrazole rings is 1. The summed E-state index contributed by atoms with van der Waals surface area (Å²) in [5, 5.41) is 11.1. The summed E-state index contributed by atoms with van der Waals surface area (Å²) in [5.74, 6) is 0.961. The van der Waals surface area contributed by atoms with Crippen molar-refractivity contribution in [2.24, 2.45) is 7.05 Å². The average molecular weight is 325 g/mol. The zero-order valence-electron chi connectivity index (χ0n) is 13.7. The lowest BCUT2D eigenvalue weighted by molar-refractivity contribution is -0.135. The summed E-state index contributed by atoms with van der Waals surface area (Å²) in [6.45, 7) is 2.56. The van der Waals surface area contributed by atoms with E-state index < -0.39 is 6.04 Å². The first kappa shape index (κ1) is 14.8. The van der Waals surface area contributed by atoms with E-state index in [1.54, 1.807) is 0 Å². The Balaban J connectivity index is 1.67. The second-order valence-corrected chi connectivity index (χ2v) is 6.17. The monoisotopic (exact) mass is 325 g/mol. The van der Waals surface area contributed by atoms with Gasteiger partial charge in [0.25, 0.3) is 0 Å². The molecule has 1 aliphatic rings. The number of aryl methyl sites for hydroxylation is 1. The highest BCUT2D eigenvalue weighted by molar-refractivity contribution is 5.81. The Morgan fingerprint density at radius 1 is 1.33 bits per heavy atom. The van der Waals surface area contributed by atoms with Crippen molar-refractivity contribution >= 4 is 16.9 Å². The maximum absolute atomic E-state index is 12.9. The molecule has 1 amide bonds. The van der Waals surface area contributed by atoms with Crippen molar-refractivity contribution < 1.29 is 4.79 Å². The quantitative estimate of drug-likeness (QED) is 0.728. The molecule has 8 nitrogen and oxygen atoms in total. The van der Waals surface area contributed by atoms with Gasteiger partial charge in [-0.15, -0.1) is 5.10 Å². The number of benzene rings is 1. The molecule has 2 aromatic heterocycles. The number of imidazole rings is 1. The summed E-state index contributed by atoms with van der Waals surface area (Å²) in [7, 11) is 2.01. The van der Waals surface area contributed by atoms with Crippen LogP contribution < -0.4 is 0 Å². The van der Waals surface area contributed by atoms with Crippen LogP contribution in [0.25, 0.3) is 11.0 Å². The van der Waals surface area contributed by atoms with E-state index in [9.17, 15) is 4.79 Å². The van der Waals surface area contributed by atoms with E-state index in [0.29, 0.717) is 0 Å². The first-order valence-corrected chi connectivity index (χ1v) is 8.11. The molecule has 1 fully saturated rings. The maximum Gasteiger partial charge on any atom is 0.247 e.